The first-order chi connectivity index (χ1) is 7.05. The zero-order valence-corrected chi connectivity index (χ0v) is 11.1. The maximum absolute atomic E-state index is 4.66. The highest BCUT2D eigenvalue weighted by Crippen LogP contribution is 2.29. The number of hydrogen-bond donors (Lipinski definition) is 0. The van der Waals surface area contributed by atoms with Crippen molar-refractivity contribution in [2.24, 2.45) is 0 Å². The molecule has 1 heterocycles. The predicted octanol–water partition coefficient (Wildman–Crippen LogP) is 3.45. The summed E-state index contributed by atoms with van der Waals surface area (Å²) in [5.74, 6) is 0. The summed E-state index contributed by atoms with van der Waals surface area (Å²) in [6.45, 7) is 8.87. The van der Waals surface area contributed by atoms with Crippen LogP contribution < -0.4 is 0 Å². The molecule has 0 aliphatic rings. The first-order valence-corrected chi connectivity index (χ1v) is 6.68. The van der Waals surface area contributed by atoms with Gasteiger partial charge in [-0.15, -0.1) is 0 Å². The smallest absolute Gasteiger partial charge is 0.187 e. The van der Waals surface area contributed by atoms with E-state index in [1.54, 1.807) is 11.8 Å². The van der Waals surface area contributed by atoms with Crippen molar-refractivity contribution in [2.75, 3.05) is 6.26 Å². The lowest BCUT2D eigenvalue weighted by Gasteiger charge is -2.24. The van der Waals surface area contributed by atoms with Gasteiger partial charge in [-0.1, -0.05) is 39.5 Å². The first-order valence-electron chi connectivity index (χ1n) is 5.45. The van der Waals surface area contributed by atoms with Crippen molar-refractivity contribution in [3.8, 4) is 0 Å². The molecule has 0 fully saturated rings. The highest BCUT2D eigenvalue weighted by atomic mass is 32.2. The van der Waals surface area contributed by atoms with E-state index in [9.17, 15) is 0 Å². The van der Waals surface area contributed by atoms with E-state index in [2.05, 4.69) is 37.7 Å². The van der Waals surface area contributed by atoms with Crippen LogP contribution in [0.1, 0.15) is 45.4 Å². The Kier molecular flexibility index (Phi) is 4.14. The molecule has 0 N–H and O–H groups in total. The second-order valence-corrected chi connectivity index (χ2v) is 5.09. The molecule has 0 atom stereocenters. The predicted molar refractivity (Wildman–Crippen MR) is 66.5 cm³/mol. The minimum absolute atomic E-state index is 0.152. The van der Waals surface area contributed by atoms with Gasteiger partial charge in [0, 0.05) is 11.6 Å². The second kappa shape index (κ2) is 4.97. The van der Waals surface area contributed by atoms with E-state index in [0.717, 1.165) is 18.0 Å². The van der Waals surface area contributed by atoms with Crippen molar-refractivity contribution >= 4 is 11.8 Å². The molecule has 0 unspecified atom stereocenters. The average Bonchev–Trinajstić information content (AvgIpc) is 2.28. The van der Waals surface area contributed by atoms with Crippen molar-refractivity contribution in [3.63, 3.8) is 0 Å². The summed E-state index contributed by atoms with van der Waals surface area (Å²) >= 11 is 1.61. The number of nitrogens with zero attached hydrogens (tertiary/aromatic N) is 2. The van der Waals surface area contributed by atoms with Gasteiger partial charge < -0.3 is 0 Å². The van der Waals surface area contributed by atoms with Crippen LogP contribution in [0.25, 0.3) is 0 Å². The third-order valence-electron chi connectivity index (χ3n) is 2.93. The summed E-state index contributed by atoms with van der Waals surface area (Å²) in [5, 5.41) is 0.878. The molecule has 0 radical (unpaired) electrons. The maximum Gasteiger partial charge on any atom is 0.187 e. The summed E-state index contributed by atoms with van der Waals surface area (Å²) in [4.78, 5) is 8.98. The standard InChI is InChI=1S/C12H20N2S/c1-6-9-8-13-11(15-5)14-10(9)12(3,4)7-2/h8H,6-7H2,1-5H3. The SMILES string of the molecule is CCc1cnc(SC)nc1C(C)(C)CC. The van der Waals surface area contributed by atoms with E-state index >= 15 is 0 Å². The van der Waals surface area contributed by atoms with Crippen LogP contribution in [-0.4, -0.2) is 16.2 Å². The lowest BCUT2D eigenvalue weighted by Crippen LogP contribution is -2.20. The van der Waals surface area contributed by atoms with Crippen molar-refractivity contribution in [3.05, 3.63) is 17.5 Å². The number of aryl methyl sites for hydroxylation is 1. The Hall–Kier alpha value is -0.570. The minimum atomic E-state index is 0.152. The normalized spacial score (nSPS) is 11.8. The third kappa shape index (κ3) is 2.71. The van der Waals surface area contributed by atoms with Crippen LogP contribution >= 0.6 is 11.8 Å². The van der Waals surface area contributed by atoms with Gasteiger partial charge in [-0.3, -0.25) is 0 Å². The summed E-state index contributed by atoms with van der Waals surface area (Å²) in [6.07, 6.45) is 6.10. The monoisotopic (exact) mass is 224 g/mol. The number of rotatable bonds is 4. The van der Waals surface area contributed by atoms with Gasteiger partial charge in [0.25, 0.3) is 0 Å². The van der Waals surface area contributed by atoms with Gasteiger partial charge in [-0.05, 0) is 24.7 Å². The topological polar surface area (TPSA) is 25.8 Å². The molecule has 0 saturated heterocycles. The zero-order chi connectivity index (χ0) is 11.5. The molecule has 1 aromatic heterocycles. The third-order valence-corrected chi connectivity index (χ3v) is 3.49. The van der Waals surface area contributed by atoms with Crippen LogP contribution in [0, 0.1) is 0 Å². The van der Waals surface area contributed by atoms with E-state index in [-0.39, 0.29) is 5.41 Å². The molecule has 84 valence electrons. The fourth-order valence-corrected chi connectivity index (χ4v) is 1.84. The van der Waals surface area contributed by atoms with Crippen LogP contribution in [0.4, 0.5) is 0 Å². The fraction of sp³-hybridized carbons (Fsp3) is 0.667. The Morgan fingerprint density at radius 2 is 2.00 bits per heavy atom. The highest BCUT2D eigenvalue weighted by molar-refractivity contribution is 7.98. The van der Waals surface area contributed by atoms with Crippen LogP contribution in [0.5, 0.6) is 0 Å². The molecule has 0 amide bonds. The Bertz CT molecular complexity index is 334. The molecule has 0 aromatic carbocycles. The molecule has 0 spiro atoms. The van der Waals surface area contributed by atoms with E-state index in [1.807, 2.05) is 12.5 Å². The molecular formula is C12H20N2S. The number of aromatic nitrogens is 2. The number of thioether (sulfide) groups is 1. The maximum atomic E-state index is 4.66. The molecular weight excluding hydrogens is 204 g/mol. The van der Waals surface area contributed by atoms with E-state index in [0.29, 0.717) is 0 Å². The molecule has 15 heavy (non-hydrogen) atoms. The Morgan fingerprint density at radius 1 is 1.33 bits per heavy atom. The Labute approximate surface area is 96.9 Å². The van der Waals surface area contributed by atoms with Gasteiger partial charge >= 0.3 is 0 Å². The van der Waals surface area contributed by atoms with Gasteiger partial charge in [-0.2, -0.15) is 0 Å². The molecule has 0 bridgehead atoms. The van der Waals surface area contributed by atoms with Gasteiger partial charge in [0.15, 0.2) is 5.16 Å². The van der Waals surface area contributed by atoms with E-state index in [1.165, 1.54) is 11.3 Å². The largest absolute Gasteiger partial charge is 0.231 e. The molecule has 1 aromatic rings. The highest BCUT2D eigenvalue weighted by Gasteiger charge is 2.23. The molecule has 1 rings (SSSR count). The van der Waals surface area contributed by atoms with Gasteiger partial charge in [0.2, 0.25) is 0 Å². The summed E-state index contributed by atoms with van der Waals surface area (Å²) in [7, 11) is 0. The van der Waals surface area contributed by atoms with Gasteiger partial charge in [0.05, 0.1) is 5.69 Å². The summed E-state index contributed by atoms with van der Waals surface area (Å²) in [5.41, 5.74) is 2.64. The van der Waals surface area contributed by atoms with Crippen molar-refractivity contribution in [1.82, 2.24) is 9.97 Å². The molecule has 0 aliphatic carbocycles. The van der Waals surface area contributed by atoms with Crippen molar-refractivity contribution in [2.45, 2.75) is 51.1 Å². The number of hydrogen-bond acceptors (Lipinski definition) is 3. The Morgan fingerprint density at radius 3 is 2.47 bits per heavy atom. The minimum Gasteiger partial charge on any atom is -0.231 e. The van der Waals surface area contributed by atoms with Crippen LogP contribution in [-0.2, 0) is 11.8 Å². The van der Waals surface area contributed by atoms with Crippen molar-refractivity contribution in [1.29, 1.82) is 0 Å². The van der Waals surface area contributed by atoms with E-state index < -0.39 is 0 Å². The van der Waals surface area contributed by atoms with Crippen molar-refractivity contribution < 1.29 is 0 Å². The lowest BCUT2D eigenvalue weighted by molar-refractivity contribution is 0.478. The first kappa shape index (κ1) is 12.5. The summed E-state index contributed by atoms with van der Waals surface area (Å²) < 4.78 is 0. The Balaban J connectivity index is 3.23. The van der Waals surface area contributed by atoms with Gasteiger partial charge in [0.1, 0.15) is 0 Å². The van der Waals surface area contributed by atoms with Crippen LogP contribution in [0.2, 0.25) is 0 Å². The lowest BCUT2D eigenvalue weighted by atomic mass is 9.83. The quantitative estimate of drug-likeness (QED) is 0.578. The molecule has 0 aliphatic heterocycles. The van der Waals surface area contributed by atoms with Gasteiger partial charge in [-0.25, -0.2) is 9.97 Å². The second-order valence-electron chi connectivity index (χ2n) is 4.32. The fourth-order valence-electron chi connectivity index (χ4n) is 1.50. The molecule has 0 saturated carbocycles. The molecule has 3 heteroatoms. The summed E-state index contributed by atoms with van der Waals surface area (Å²) in [6, 6.07) is 0. The van der Waals surface area contributed by atoms with Crippen LogP contribution in [0.15, 0.2) is 11.4 Å². The van der Waals surface area contributed by atoms with Crippen LogP contribution in [0.3, 0.4) is 0 Å². The molecule has 2 nitrogen and oxygen atoms in total. The average molecular weight is 224 g/mol. The zero-order valence-electron chi connectivity index (χ0n) is 10.3. The van der Waals surface area contributed by atoms with E-state index in [4.69, 9.17) is 0 Å².